The highest BCUT2D eigenvalue weighted by atomic mass is 35.5. The Bertz CT molecular complexity index is 597. The molecule has 0 aliphatic carbocycles. The summed E-state index contributed by atoms with van der Waals surface area (Å²) in [6.45, 7) is 5.62. The molecule has 2 aromatic rings. The first-order chi connectivity index (χ1) is 11.2. The number of hydrogen-bond donors (Lipinski definition) is 0. The fraction of sp³-hybridized carbons (Fsp3) is 0.500. The van der Waals surface area contributed by atoms with Crippen molar-refractivity contribution in [3.63, 3.8) is 0 Å². The van der Waals surface area contributed by atoms with Gasteiger partial charge >= 0.3 is 0 Å². The Hall–Kier alpha value is -1.41. The van der Waals surface area contributed by atoms with E-state index in [2.05, 4.69) is 38.1 Å². The van der Waals surface area contributed by atoms with Crippen LogP contribution in [0.3, 0.4) is 0 Å². The van der Waals surface area contributed by atoms with Gasteiger partial charge in [-0.1, -0.05) is 45.2 Å². The number of alkyl halides is 1. The summed E-state index contributed by atoms with van der Waals surface area (Å²) in [6.07, 6.45) is 5.81. The lowest BCUT2D eigenvalue weighted by molar-refractivity contribution is 0.305. The van der Waals surface area contributed by atoms with Crippen molar-refractivity contribution in [1.82, 2.24) is 0 Å². The monoisotopic (exact) mass is 334 g/mol. The molecule has 0 bridgehead atoms. The Morgan fingerprint density at radius 1 is 0.870 bits per heavy atom. The average Bonchev–Trinajstić information content (AvgIpc) is 2.59. The zero-order valence-corrected chi connectivity index (χ0v) is 14.9. The van der Waals surface area contributed by atoms with Crippen molar-refractivity contribution in [3.05, 3.63) is 36.4 Å². The van der Waals surface area contributed by atoms with Crippen LogP contribution in [0.2, 0.25) is 0 Å². The summed E-state index contributed by atoms with van der Waals surface area (Å²) in [7, 11) is 0. The quantitative estimate of drug-likeness (QED) is 0.380. The molecule has 0 fully saturated rings. The van der Waals surface area contributed by atoms with E-state index < -0.39 is 0 Å². The van der Waals surface area contributed by atoms with E-state index in [1.165, 1.54) is 24.6 Å². The molecule has 0 saturated carbocycles. The first-order valence-corrected chi connectivity index (χ1v) is 9.10. The number of benzene rings is 2. The molecule has 23 heavy (non-hydrogen) atoms. The zero-order valence-electron chi connectivity index (χ0n) is 14.2. The van der Waals surface area contributed by atoms with Crippen LogP contribution >= 0.6 is 11.6 Å². The van der Waals surface area contributed by atoms with Gasteiger partial charge in [0, 0.05) is 0 Å². The van der Waals surface area contributed by atoms with E-state index in [1.807, 2.05) is 12.1 Å². The van der Waals surface area contributed by atoms with E-state index in [-0.39, 0.29) is 5.38 Å². The third-order valence-corrected chi connectivity index (χ3v) is 4.36. The van der Waals surface area contributed by atoms with E-state index in [9.17, 15) is 0 Å². The third kappa shape index (κ3) is 5.95. The molecular weight excluding hydrogens is 308 g/mol. The first-order valence-electron chi connectivity index (χ1n) is 8.66. The predicted octanol–water partition coefficient (Wildman–Crippen LogP) is 6.20. The van der Waals surface area contributed by atoms with Crippen molar-refractivity contribution in [3.8, 4) is 11.5 Å². The molecule has 2 aromatic carbocycles. The molecule has 0 heterocycles. The van der Waals surface area contributed by atoms with Crippen molar-refractivity contribution >= 4 is 22.4 Å². The van der Waals surface area contributed by atoms with Crippen molar-refractivity contribution in [1.29, 1.82) is 0 Å². The molecule has 126 valence electrons. The van der Waals surface area contributed by atoms with Gasteiger partial charge < -0.3 is 9.47 Å². The number of rotatable bonds is 10. The molecule has 0 saturated heterocycles. The highest BCUT2D eigenvalue weighted by molar-refractivity contribution is 6.20. The van der Waals surface area contributed by atoms with Gasteiger partial charge in [0.2, 0.25) is 0 Å². The summed E-state index contributed by atoms with van der Waals surface area (Å²) >= 11 is 6.09. The molecule has 2 nitrogen and oxygen atoms in total. The standard InChI is InChI=1S/C20H27ClO2/c1-3-5-6-7-12-22-19-10-8-17-14-20(11-9-16(17)13-19)23-15-18(21)4-2/h8-11,13-14,18H,3-7,12,15H2,1-2H3. The van der Waals surface area contributed by atoms with Crippen LogP contribution in [-0.2, 0) is 0 Å². The van der Waals surface area contributed by atoms with Crippen molar-refractivity contribution in [2.75, 3.05) is 13.2 Å². The maximum Gasteiger partial charge on any atom is 0.120 e. The molecule has 3 heteroatoms. The summed E-state index contributed by atoms with van der Waals surface area (Å²) in [4.78, 5) is 0. The molecule has 0 aromatic heterocycles. The summed E-state index contributed by atoms with van der Waals surface area (Å²) in [5.41, 5.74) is 0. The molecule has 1 atom stereocenters. The van der Waals surface area contributed by atoms with E-state index in [0.717, 1.165) is 36.3 Å². The van der Waals surface area contributed by atoms with Gasteiger partial charge in [-0.3, -0.25) is 0 Å². The summed E-state index contributed by atoms with van der Waals surface area (Å²) < 4.78 is 11.6. The van der Waals surface area contributed by atoms with Gasteiger partial charge in [0.1, 0.15) is 18.1 Å². The van der Waals surface area contributed by atoms with E-state index in [1.54, 1.807) is 0 Å². The largest absolute Gasteiger partial charge is 0.494 e. The Morgan fingerprint density at radius 3 is 2.13 bits per heavy atom. The minimum Gasteiger partial charge on any atom is -0.494 e. The molecule has 1 unspecified atom stereocenters. The lowest BCUT2D eigenvalue weighted by Gasteiger charge is -2.11. The van der Waals surface area contributed by atoms with Crippen molar-refractivity contribution in [2.45, 2.75) is 51.3 Å². The second-order valence-corrected chi connectivity index (χ2v) is 6.51. The van der Waals surface area contributed by atoms with Gasteiger partial charge in [-0.2, -0.15) is 0 Å². The smallest absolute Gasteiger partial charge is 0.120 e. The van der Waals surface area contributed by atoms with Gasteiger partial charge in [0.05, 0.1) is 12.0 Å². The number of halogens is 1. The SMILES string of the molecule is CCCCCCOc1ccc2cc(OCC(Cl)CC)ccc2c1. The molecule has 0 N–H and O–H groups in total. The van der Waals surface area contributed by atoms with Crippen LogP contribution in [0.15, 0.2) is 36.4 Å². The Kier molecular flexibility index (Phi) is 7.54. The molecular formula is C20H27ClO2. The summed E-state index contributed by atoms with van der Waals surface area (Å²) in [5, 5.41) is 2.39. The third-order valence-electron chi connectivity index (χ3n) is 3.92. The van der Waals surface area contributed by atoms with Gasteiger partial charge in [0.25, 0.3) is 0 Å². The molecule has 2 rings (SSSR count). The Labute approximate surface area is 144 Å². The number of ether oxygens (including phenoxy) is 2. The van der Waals surface area contributed by atoms with Crippen LogP contribution in [0.5, 0.6) is 11.5 Å². The molecule has 0 radical (unpaired) electrons. The Morgan fingerprint density at radius 2 is 1.52 bits per heavy atom. The molecule has 0 amide bonds. The van der Waals surface area contributed by atoms with E-state index in [4.69, 9.17) is 21.1 Å². The van der Waals surface area contributed by atoms with Crippen molar-refractivity contribution in [2.24, 2.45) is 0 Å². The van der Waals surface area contributed by atoms with Crippen LogP contribution in [0.4, 0.5) is 0 Å². The number of unbranched alkanes of at least 4 members (excludes halogenated alkanes) is 3. The number of hydrogen-bond acceptors (Lipinski definition) is 2. The highest BCUT2D eigenvalue weighted by Crippen LogP contribution is 2.25. The molecule has 0 aliphatic rings. The summed E-state index contributed by atoms with van der Waals surface area (Å²) in [6, 6.07) is 12.3. The van der Waals surface area contributed by atoms with Gasteiger partial charge in [-0.15, -0.1) is 11.6 Å². The van der Waals surface area contributed by atoms with Crippen molar-refractivity contribution < 1.29 is 9.47 Å². The normalized spacial score (nSPS) is 12.3. The fourth-order valence-corrected chi connectivity index (χ4v) is 2.47. The van der Waals surface area contributed by atoms with E-state index >= 15 is 0 Å². The van der Waals surface area contributed by atoms with Gasteiger partial charge in [-0.25, -0.2) is 0 Å². The maximum atomic E-state index is 6.09. The molecule has 0 spiro atoms. The zero-order chi connectivity index (χ0) is 16.5. The Balaban J connectivity index is 1.93. The predicted molar refractivity (Wildman–Crippen MR) is 99.0 cm³/mol. The summed E-state index contributed by atoms with van der Waals surface area (Å²) in [5.74, 6) is 1.80. The fourth-order valence-electron chi connectivity index (χ4n) is 2.40. The van der Waals surface area contributed by atoms with Crippen LogP contribution < -0.4 is 9.47 Å². The van der Waals surface area contributed by atoms with Crippen LogP contribution in [0.1, 0.15) is 46.0 Å². The molecule has 0 aliphatic heterocycles. The lowest BCUT2D eigenvalue weighted by atomic mass is 10.1. The van der Waals surface area contributed by atoms with Crippen LogP contribution in [0, 0.1) is 0 Å². The lowest BCUT2D eigenvalue weighted by Crippen LogP contribution is -2.10. The highest BCUT2D eigenvalue weighted by Gasteiger charge is 2.04. The average molecular weight is 335 g/mol. The topological polar surface area (TPSA) is 18.5 Å². The van der Waals surface area contributed by atoms with E-state index in [0.29, 0.717) is 6.61 Å². The van der Waals surface area contributed by atoms with Gasteiger partial charge in [-0.05, 0) is 47.9 Å². The van der Waals surface area contributed by atoms with Crippen LogP contribution in [-0.4, -0.2) is 18.6 Å². The van der Waals surface area contributed by atoms with Gasteiger partial charge in [0.15, 0.2) is 0 Å². The minimum atomic E-state index is 0.0641. The minimum absolute atomic E-state index is 0.0641. The number of fused-ring (bicyclic) bond motifs is 1. The second-order valence-electron chi connectivity index (χ2n) is 5.90. The van der Waals surface area contributed by atoms with Crippen LogP contribution in [0.25, 0.3) is 10.8 Å². The maximum absolute atomic E-state index is 6.09. The first kappa shape index (κ1) is 17.9. The second kappa shape index (κ2) is 9.67.